The highest BCUT2D eigenvalue weighted by Gasteiger charge is 2.38. The number of furan rings is 1. The molecule has 0 spiro atoms. The van der Waals surface area contributed by atoms with Gasteiger partial charge in [-0.05, 0) is 43.2 Å². The van der Waals surface area contributed by atoms with E-state index in [0.29, 0.717) is 41.1 Å². The average molecular weight is 493 g/mol. The highest BCUT2D eigenvalue weighted by Crippen LogP contribution is 2.41. The Labute approximate surface area is 200 Å². The third-order valence-electron chi connectivity index (χ3n) is 6.47. The predicted octanol–water partition coefficient (Wildman–Crippen LogP) is 4.04. The summed E-state index contributed by atoms with van der Waals surface area (Å²) in [5, 5.41) is 9.34. The molecule has 35 heavy (non-hydrogen) atoms. The van der Waals surface area contributed by atoms with Crippen molar-refractivity contribution >= 4 is 20.9 Å². The van der Waals surface area contributed by atoms with Gasteiger partial charge in [0.25, 0.3) is 0 Å². The Morgan fingerprint density at radius 3 is 2.51 bits per heavy atom. The lowest BCUT2D eigenvalue weighted by molar-refractivity contribution is 0.291. The summed E-state index contributed by atoms with van der Waals surface area (Å²) >= 11 is 0. The van der Waals surface area contributed by atoms with E-state index in [0.717, 1.165) is 16.7 Å². The number of hydrogen-bond donors (Lipinski definition) is 0. The van der Waals surface area contributed by atoms with Gasteiger partial charge in [0.15, 0.2) is 0 Å². The lowest BCUT2D eigenvalue weighted by Crippen LogP contribution is -2.37. The van der Waals surface area contributed by atoms with Gasteiger partial charge >= 0.3 is 0 Å². The van der Waals surface area contributed by atoms with Crippen molar-refractivity contribution in [1.82, 2.24) is 29.5 Å². The summed E-state index contributed by atoms with van der Waals surface area (Å²) in [7, 11) is -1.26. The minimum atomic E-state index is -3.09. The van der Waals surface area contributed by atoms with Gasteiger partial charge in [0.05, 0.1) is 34.1 Å². The molecular weight excluding hydrogens is 471 g/mol. The Kier molecular flexibility index (Phi) is 4.85. The summed E-state index contributed by atoms with van der Waals surface area (Å²) in [6.07, 6.45) is 9.13. The predicted molar refractivity (Wildman–Crippen MR) is 128 cm³/mol. The van der Waals surface area contributed by atoms with Gasteiger partial charge in [0, 0.05) is 36.8 Å². The lowest BCUT2D eigenvalue weighted by atomic mass is 9.92. The van der Waals surface area contributed by atoms with Crippen molar-refractivity contribution < 1.29 is 17.2 Å². The highest BCUT2D eigenvalue weighted by atomic mass is 32.2. The first kappa shape index (κ1) is 21.7. The van der Waals surface area contributed by atoms with Crippen molar-refractivity contribution in [2.45, 2.75) is 24.1 Å². The van der Waals surface area contributed by atoms with Crippen LogP contribution < -0.4 is 0 Å². The summed E-state index contributed by atoms with van der Waals surface area (Å²) in [5.74, 6) is 0.269. The second-order valence-corrected chi connectivity index (χ2v) is 11.2. The molecule has 1 aliphatic rings. The maximum atomic E-state index is 13.6. The fourth-order valence-electron chi connectivity index (χ4n) is 4.44. The monoisotopic (exact) mass is 492 g/mol. The van der Waals surface area contributed by atoms with Crippen LogP contribution in [-0.2, 0) is 16.9 Å². The van der Waals surface area contributed by atoms with Crippen molar-refractivity contribution in [3.8, 4) is 33.8 Å². The van der Waals surface area contributed by atoms with E-state index in [1.165, 1.54) is 24.7 Å². The fraction of sp³-hybridized carbons (Fsp3) is 0.250. The molecular formula is C24H21FN6O3S. The topological polar surface area (TPSA) is 109 Å². The zero-order chi connectivity index (χ0) is 24.3. The number of sulfone groups is 1. The van der Waals surface area contributed by atoms with Crippen LogP contribution in [0, 0.1) is 5.82 Å². The first-order chi connectivity index (χ1) is 16.8. The molecule has 1 aliphatic carbocycles. The van der Waals surface area contributed by atoms with Crippen molar-refractivity contribution in [2.75, 3.05) is 6.26 Å². The maximum absolute atomic E-state index is 13.6. The molecule has 0 radical (unpaired) electrons. The molecule has 0 saturated heterocycles. The molecule has 4 aromatic heterocycles. The zero-order valence-corrected chi connectivity index (χ0v) is 19.8. The van der Waals surface area contributed by atoms with Gasteiger partial charge < -0.3 is 4.42 Å². The summed E-state index contributed by atoms with van der Waals surface area (Å²) in [5.41, 5.74) is 3.93. The van der Waals surface area contributed by atoms with Crippen LogP contribution in [0.5, 0.6) is 0 Å². The first-order valence-electron chi connectivity index (χ1n) is 11.0. The summed E-state index contributed by atoms with van der Waals surface area (Å²) < 4.78 is 46.9. The van der Waals surface area contributed by atoms with Crippen LogP contribution in [0.15, 0.2) is 59.7 Å². The van der Waals surface area contributed by atoms with Crippen LogP contribution in [0.4, 0.5) is 4.39 Å². The van der Waals surface area contributed by atoms with E-state index in [1.807, 2.05) is 25.5 Å². The Morgan fingerprint density at radius 1 is 1.06 bits per heavy atom. The minimum absolute atomic E-state index is 0.0460. The molecule has 1 aromatic carbocycles. The molecule has 0 amide bonds. The number of aryl methyl sites for hydroxylation is 1. The lowest BCUT2D eigenvalue weighted by Gasteiger charge is -2.33. The molecule has 1 fully saturated rings. The number of benzene rings is 1. The van der Waals surface area contributed by atoms with Gasteiger partial charge in [-0.1, -0.05) is 0 Å². The van der Waals surface area contributed by atoms with E-state index in [-0.39, 0.29) is 17.1 Å². The number of halogens is 1. The third kappa shape index (κ3) is 3.81. The molecule has 4 heterocycles. The highest BCUT2D eigenvalue weighted by molar-refractivity contribution is 7.91. The number of fused-ring (bicyclic) bond motifs is 1. The van der Waals surface area contributed by atoms with E-state index in [4.69, 9.17) is 9.52 Å². The molecule has 0 unspecified atom stereocenters. The maximum Gasteiger partial charge on any atom is 0.230 e. The molecule has 1 saturated carbocycles. The van der Waals surface area contributed by atoms with Gasteiger partial charge in [-0.3, -0.25) is 9.36 Å². The van der Waals surface area contributed by atoms with Crippen molar-refractivity contribution in [1.29, 1.82) is 0 Å². The van der Waals surface area contributed by atoms with Crippen molar-refractivity contribution in [3.05, 3.63) is 61.1 Å². The SMILES string of the molecule is Cn1cc(-c2cc3c(-c4cn(C5CC(S(C)(=O)=O)C5)nc4-c4ccc(F)cc4)ncnc3o2)cn1. The van der Waals surface area contributed by atoms with Gasteiger partial charge in [-0.2, -0.15) is 10.2 Å². The Hall–Kier alpha value is -3.86. The summed E-state index contributed by atoms with van der Waals surface area (Å²) in [6, 6.07) is 7.93. The average Bonchev–Trinajstić information content (AvgIpc) is 3.50. The van der Waals surface area contributed by atoms with Crippen molar-refractivity contribution in [2.24, 2.45) is 7.05 Å². The molecule has 178 valence electrons. The molecule has 6 rings (SSSR count). The molecule has 0 aliphatic heterocycles. The fourth-order valence-corrected chi connectivity index (χ4v) is 5.58. The number of hydrogen-bond acceptors (Lipinski definition) is 7. The van der Waals surface area contributed by atoms with E-state index >= 15 is 0 Å². The largest absolute Gasteiger partial charge is 0.437 e. The van der Waals surface area contributed by atoms with Gasteiger partial charge in [0.2, 0.25) is 5.71 Å². The minimum Gasteiger partial charge on any atom is -0.437 e. The molecule has 11 heteroatoms. The third-order valence-corrected chi connectivity index (χ3v) is 8.07. The quantitative estimate of drug-likeness (QED) is 0.364. The smallest absolute Gasteiger partial charge is 0.230 e. The van der Waals surface area contributed by atoms with E-state index in [1.54, 1.807) is 27.7 Å². The van der Waals surface area contributed by atoms with Gasteiger partial charge in [-0.25, -0.2) is 22.8 Å². The number of rotatable bonds is 5. The first-order valence-corrected chi connectivity index (χ1v) is 13.0. The van der Waals surface area contributed by atoms with Gasteiger partial charge in [-0.15, -0.1) is 0 Å². The van der Waals surface area contributed by atoms with Crippen LogP contribution in [-0.4, -0.2) is 49.5 Å². The summed E-state index contributed by atoms with van der Waals surface area (Å²) in [6.45, 7) is 0. The second-order valence-electron chi connectivity index (χ2n) is 8.91. The Morgan fingerprint density at radius 2 is 1.83 bits per heavy atom. The van der Waals surface area contributed by atoms with Crippen LogP contribution in [0.25, 0.3) is 44.9 Å². The standard InChI is InChI=1S/C24H21FN6O3S/c1-30-11-15(10-28-30)21-9-19-23(26-13-27-24(19)34-21)20-12-31(17-7-18(8-17)35(2,32)33)29-22(20)14-3-5-16(25)6-4-14/h3-6,9-13,17-18H,7-8H2,1-2H3. The number of nitrogens with zero attached hydrogens (tertiary/aromatic N) is 6. The molecule has 0 atom stereocenters. The van der Waals surface area contributed by atoms with E-state index in [2.05, 4.69) is 15.1 Å². The van der Waals surface area contributed by atoms with Crippen LogP contribution >= 0.6 is 0 Å². The van der Waals surface area contributed by atoms with Crippen LogP contribution in [0.1, 0.15) is 18.9 Å². The molecule has 0 N–H and O–H groups in total. The Balaban J connectivity index is 1.48. The second kappa shape index (κ2) is 7.84. The van der Waals surface area contributed by atoms with Gasteiger partial charge in [0.1, 0.15) is 33.4 Å². The van der Waals surface area contributed by atoms with Crippen LogP contribution in [0.2, 0.25) is 0 Å². The molecule has 5 aromatic rings. The normalized spacial score (nSPS) is 18.1. The Bertz CT molecular complexity index is 1660. The van der Waals surface area contributed by atoms with E-state index in [9.17, 15) is 12.8 Å². The number of aromatic nitrogens is 6. The van der Waals surface area contributed by atoms with Crippen molar-refractivity contribution in [3.63, 3.8) is 0 Å². The molecule has 9 nitrogen and oxygen atoms in total. The van der Waals surface area contributed by atoms with E-state index < -0.39 is 9.84 Å². The molecule has 0 bridgehead atoms. The summed E-state index contributed by atoms with van der Waals surface area (Å²) in [4.78, 5) is 8.84. The zero-order valence-electron chi connectivity index (χ0n) is 19.0. The van der Waals surface area contributed by atoms with Crippen LogP contribution in [0.3, 0.4) is 0 Å².